The molecule has 2 rings (SSSR count). The van der Waals surface area contributed by atoms with Gasteiger partial charge in [-0.05, 0) is 53.6 Å². The molecule has 1 aliphatic heterocycles. The van der Waals surface area contributed by atoms with Gasteiger partial charge in [-0.1, -0.05) is 6.42 Å². The zero-order valence-corrected chi connectivity index (χ0v) is 20.0. The number of nitrogens with zero attached hydrogens (tertiary/aromatic N) is 3. The molecule has 1 fully saturated rings. The fourth-order valence-corrected chi connectivity index (χ4v) is 3.55. The van der Waals surface area contributed by atoms with E-state index in [0.717, 1.165) is 35.1 Å². The predicted octanol–water partition coefficient (Wildman–Crippen LogP) is 3.25. The molecule has 0 atom stereocenters. The molecule has 154 valence electrons. The molecule has 2 heterocycles. The minimum atomic E-state index is 0. The third-order valence-electron chi connectivity index (χ3n) is 5.30. The molecule has 7 heteroatoms. The van der Waals surface area contributed by atoms with Crippen LogP contribution in [0.3, 0.4) is 0 Å². The largest absolute Gasteiger partial charge is 0.496 e. The van der Waals surface area contributed by atoms with E-state index in [0.29, 0.717) is 6.54 Å². The first-order valence-corrected chi connectivity index (χ1v) is 9.57. The lowest BCUT2D eigenvalue weighted by Gasteiger charge is -2.41. The molecule has 0 saturated carbocycles. The van der Waals surface area contributed by atoms with Crippen LogP contribution in [0.5, 0.6) is 5.75 Å². The highest BCUT2D eigenvalue weighted by atomic mass is 127. The van der Waals surface area contributed by atoms with Gasteiger partial charge in [0, 0.05) is 36.5 Å². The monoisotopic (exact) mass is 489 g/mol. The summed E-state index contributed by atoms with van der Waals surface area (Å²) in [7, 11) is 3.51. The quantitative estimate of drug-likeness (QED) is 0.365. The topological polar surface area (TPSA) is 61.8 Å². The number of hydrogen-bond donors (Lipinski definition) is 2. The molecule has 27 heavy (non-hydrogen) atoms. The van der Waals surface area contributed by atoms with Crippen LogP contribution in [0.25, 0.3) is 0 Å². The number of ether oxygens (including phenoxy) is 1. The van der Waals surface area contributed by atoms with Crippen LogP contribution in [0.2, 0.25) is 0 Å². The second-order valence-electron chi connectivity index (χ2n) is 7.69. The number of rotatable bonds is 6. The minimum Gasteiger partial charge on any atom is -0.496 e. The van der Waals surface area contributed by atoms with Crippen LogP contribution in [-0.2, 0) is 6.54 Å². The molecule has 0 aliphatic carbocycles. The molecule has 0 amide bonds. The number of piperidine rings is 1. The third kappa shape index (κ3) is 6.48. The van der Waals surface area contributed by atoms with Crippen molar-refractivity contribution in [1.29, 1.82) is 0 Å². The van der Waals surface area contributed by atoms with Gasteiger partial charge in [0.15, 0.2) is 5.96 Å². The van der Waals surface area contributed by atoms with E-state index in [1.807, 2.05) is 20.0 Å². The number of methoxy groups -OCH3 is 1. The first kappa shape index (κ1) is 23.9. The second kappa shape index (κ2) is 11.0. The molecule has 1 saturated heterocycles. The lowest BCUT2D eigenvalue weighted by atomic mass is 9.98. The summed E-state index contributed by atoms with van der Waals surface area (Å²) in [5, 5.41) is 6.85. The Balaban J connectivity index is 0.00000364. The molecule has 6 nitrogen and oxygen atoms in total. The van der Waals surface area contributed by atoms with E-state index in [1.165, 1.54) is 32.4 Å². The van der Waals surface area contributed by atoms with Crippen molar-refractivity contribution in [1.82, 2.24) is 20.5 Å². The van der Waals surface area contributed by atoms with E-state index in [9.17, 15) is 0 Å². The lowest BCUT2D eigenvalue weighted by molar-refractivity contribution is 0.0982. The zero-order chi connectivity index (χ0) is 19.2. The Bertz CT molecular complexity index is 627. The van der Waals surface area contributed by atoms with Gasteiger partial charge in [0.05, 0.1) is 19.3 Å². The normalized spacial score (nSPS) is 15.9. The van der Waals surface area contributed by atoms with Crippen LogP contribution in [0, 0.1) is 13.8 Å². The van der Waals surface area contributed by atoms with E-state index < -0.39 is 0 Å². The van der Waals surface area contributed by atoms with Gasteiger partial charge in [0.25, 0.3) is 0 Å². The van der Waals surface area contributed by atoms with Crippen LogP contribution >= 0.6 is 24.0 Å². The van der Waals surface area contributed by atoms with E-state index in [-0.39, 0.29) is 29.5 Å². The molecule has 1 aromatic heterocycles. The van der Waals surface area contributed by atoms with Crippen LogP contribution in [0.15, 0.2) is 11.2 Å². The number of hydrogen-bond acceptors (Lipinski definition) is 4. The summed E-state index contributed by atoms with van der Waals surface area (Å²) in [6, 6.07) is 0. The van der Waals surface area contributed by atoms with Gasteiger partial charge in [-0.2, -0.15) is 0 Å². The molecule has 1 aromatic rings. The van der Waals surface area contributed by atoms with Gasteiger partial charge >= 0.3 is 0 Å². The van der Waals surface area contributed by atoms with Crippen molar-refractivity contribution in [2.24, 2.45) is 4.99 Å². The van der Waals surface area contributed by atoms with Crippen molar-refractivity contribution < 1.29 is 4.74 Å². The highest BCUT2D eigenvalue weighted by Gasteiger charge is 2.27. The Kier molecular flexibility index (Phi) is 9.80. The van der Waals surface area contributed by atoms with Gasteiger partial charge in [0.2, 0.25) is 0 Å². The van der Waals surface area contributed by atoms with Gasteiger partial charge in [-0.25, -0.2) is 0 Å². The number of aliphatic imine (C=N–C) groups is 1. The van der Waals surface area contributed by atoms with Gasteiger partial charge in [0.1, 0.15) is 5.75 Å². The summed E-state index contributed by atoms with van der Waals surface area (Å²) in [4.78, 5) is 11.5. The molecule has 2 N–H and O–H groups in total. The Morgan fingerprint density at radius 1 is 1.22 bits per heavy atom. The Hall–Kier alpha value is -1.09. The van der Waals surface area contributed by atoms with Crippen molar-refractivity contribution in [2.75, 3.05) is 33.8 Å². The minimum absolute atomic E-state index is 0. The van der Waals surface area contributed by atoms with E-state index in [1.54, 1.807) is 14.2 Å². The number of aromatic nitrogens is 1. The van der Waals surface area contributed by atoms with Crippen molar-refractivity contribution in [2.45, 2.75) is 59.0 Å². The maximum absolute atomic E-state index is 5.49. The third-order valence-corrected chi connectivity index (χ3v) is 5.30. The number of pyridine rings is 1. The molecular formula is C20H36IN5O. The molecule has 0 spiro atoms. The van der Waals surface area contributed by atoms with E-state index in [4.69, 9.17) is 4.74 Å². The maximum Gasteiger partial charge on any atom is 0.191 e. The first-order valence-electron chi connectivity index (χ1n) is 9.57. The van der Waals surface area contributed by atoms with Crippen molar-refractivity contribution >= 4 is 29.9 Å². The summed E-state index contributed by atoms with van der Waals surface area (Å²) in [6.07, 6.45) is 5.82. The van der Waals surface area contributed by atoms with Crippen LogP contribution in [0.4, 0.5) is 0 Å². The summed E-state index contributed by atoms with van der Waals surface area (Å²) >= 11 is 0. The number of aryl methyl sites for hydroxylation is 1. The fourth-order valence-electron chi connectivity index (χ4n) is 3.55. The Morgan fingerprint density at radius 2 is 1.89 bits per heavy atom. The fraction of sp³-hybridized carbons (Fsp3) is 0.700. The van der Waals surface area contributed by atoms with Crippen LogP contribution in [-0.4, -0.2) is 55.2 Å². The Labute approximate surface area is 181 Å². The predicted molar refractivity (Wildman–Crippen MR) is 123 cm³/mol. The summed E-state index contributed by atoms with van der Waals surface area (Å²) in [5.74, 6) is 1.71. The average Bonchev–Trinajstić information content (AvgIpc) is 2.64. The van der Waals surface area contributed by atoms with Gasteiger partial charge < -0.3 is 15.4 Å². The first-order chi connectivity index (χ1) is 12.4. The van der Waals surface area contributed by atoms with Gasteiger partial charge in [-0.3, -0.25) is 14.9 Å². The van der Waals surface area contributed by atoms with Crippen molar-refractivity contribution in [3.05, 3.63) is 23.0 Å². The summed E-state index contributed by atoms with van der Waals surface area (Å²) in [5.41, 5.74) is 3.22. The zero-order valence-electron chi connectivity index (χ0n) is 17.7. The SMILES string of the molecule is CN=C(NCc1ncc(C)c(OC)c1C)NCC(C)(C)N1CCCCC1.I. The molecular weight excluding hydrogens is 453 g/mol. The van der Waals surface area contributed by atoms with E-state index >= 15 is 0 Å². The van der Waals surface area contributed by atoms with Gasteiger partial charge in [-0.15, -0.1) is 24.0 Å². The summed E-state index contributed by atoms with van der Waals surface area (Å²) < 4.78 is 5.49. The molecule has 0 bridgehead atoms. The molecule has 0 aromatic carbocycles. The molecule has 0 radical (unpaired) electrons. The maximum atomic E-state index is 5.49. The lowest BCUT2D eigenvalue weighted by Crippen LogP contribution is -2.54. The number of likely N-dealkylation sites (tertiary alicyclic amines) is 1. The number of nitrogens with one attached hydrogen (secondary N) is 2. The van der Waals surface area contributed by atoms with Crippen molar-refractivity contribution in [3.8, 4) is 5.75 Å². The highest BCUT2D eigenvalue weighted by Crippen LogP contribution is 2.24. The van der Waals surface area contributed by atoms with Crippen molar-refractivity contribution in [3.63, 3.8) is 0 Å². The van der Waals surface area contributed by atoms with E-state index in [2.05, 4.69) is 39.4 Å². The smallest absolute Gasteiger partial charge is 0.191 e. The number of guanidine groups is 1. The second-order valence-corrected chi connectivity index (χ2v) is 7.69. The number of halogens is 1. The molecule has 0 unspecified atom stereocenters. The summed E-state index contributed by atoms with van der Waals surface area (Å²) in [6.45, 7) is 12.5. The standard InChI is InChI=1S/C20H35N5O.HI/c1-15-12-22-17(16(2)18(15)26-6)13-23-19(21-5)24-14-20(3,4)25-10-8-7-9-11-25;/h12H,7-11,13-14H2,1-6H3,(H2,21,23,24);1H. The molecule has 1 aliphatic rings. The van der Waals surface area contributed by atoms with Crippen LogP contribution in [0.1, 0.15) is 49.9 Å². The van der Waals surface area contributed by atoms with Crippen LogP contribution < -0.4 is 15.4 Å². The Morgan fingerprint density at radius 3 is 2.48 bits per heavy atom. The average molecular weight is 489 g/mol. The highest BCUT2D eigenvalue weighted by molar-refractivity contribution is 14.0.